The maximum absolute atomic E-state index is 10.4. The van der Waals surface area contributed by atoms with E-state index >= 15 is 0 Å². The van der Waals surface area contributed by atoms with E-state index in [1.54, 1.807) is 0 Å². The van der Waals surface area contributed by atoms with Crippen LogP contribution in [0.4, 0.5) is 0 Å². The van der Waals surface area contributed by atoms with Crippen molar-refractivity contribution in [1.29, 1.82) is 0 Å². The summed E-state index contributed by atoms with van der Waals surface area (Å²) in [5.41, 5.74) is 0. The number of carbonyl (C=O) groups excluding carboxylic acids is 1. The minimum atomic E-state index is -0.490. The standard InChI is InChI=1S/C8H13NO2/c1-7(2)9-6-4-5-8(10)11-3/h7,9H,6H2,1-3H3. The molecule has 0 atom stereocenters. The molecule has 0 rings (SSSR count). The van der Waals surface area contributed by atoms with E-state index in [1.807, 2.05) is 13.8 Å². The summed E-state index contributed by atoms with van der Waals surface area (Å²) in [6, 6.07) is 0.391. The highest BCUT2D eigenvalue weighted by Gasteiger charge is 1.89. The van der Waals surface area contributed by atoms with E-state index in [0.29, 0.717) is 12.6 Å². The van der Waals surface area contributed by atoms with Crippen LogP contribution in [-0.4, -0.2) is 25.7 Å². The molecular weight excluding hydrogens is 142 g/mol. The molecule has 0 aromatic heterocycles. The Hall–Kier alpha value is -1.01. The van der Waals surface area contributed by atoms with Crippen molar-refractivity contribution in [1.82, 2.24) is 5.32 Å². The Balaban J connectivity index is 3.48. The molecule has 0 aliphatic heterocycles. The Bertz CT molecular complexity index is 176. The first-order chi connectivity index (χ1) is 5.16. The smallest absolute Gasteiger partial charge is 0.384 e. The first-order valence-corrected chi connectivity index (χ1v) is 3.47. The third-order valence-corrected chi connectivity index (χ3v) is 0.975. The highest BCUT2D eigenvalue weighted by molar-refractivity contribution is 5.88. The molecule has 0 aliphatic rings. The first kappa shape index (κ1) is 9.99. The average Bonchev–Trinajstić information content (AvgIpc) is 1.97. The van der Waals surface area contributed by atoms with Crippen LogP contribution in [0.5, 0.6) is 0 Å². The van der Waals surface area contributed by atoms with Crippen LogP contribution in [0, 0.1) is 11.8 Å². The van der Waals surface area contributed by atoms with Gasteiger partial charge in [-0.15, -0.1) is 0 Å². The molecule has 0 aromatic carbocycles. The van der Waals surface area contributed by atoms with Crippen molar-refractivity contribution in [3.63, 3.8) is 0 Å². The van der Waals surface area contributed by atoms with Gasteiger partial charge in [0, 0.05) is 12.0 Å². The lowest BCUT2D eigenvalue weighted by Gasteiger charge is -2.00. The van der Waals surface area contributed by atoms with Gasteiger partial charge < -0.3 is 10.1 Å². The van der Waals surface area contributed by atoms with E-state index in [9.17, 15) is 4.79 Å². The fourth-order valence-electron chi connectivity index (χ4n) is 0.423. The van der Waals surface area contributed by atoms with Gasteiger partial charge in [0.1, 0.15) is 0 Å². The third kappa shape index (κ3) is 6.88. The number of hydrogen-bond donors (Lipinski definition) is 1. The van der Waals surface area contributed by atoms with Gasteiger partial charge in [0.05, 0.1) is 13.7 Å². The zero-order valence-electron chi connectivity index (χ0n) is 7.10. The van der Waals surface area contributed by atoms with Crippen molar-refractivity contribution in [2.45, 2.75) is 19.9 Å². The van der Waals surface area contributed by atoms with Gasteiger partial charge in [-0.25, -0.2) is 4.79 Å². The number of esters is 1. The lowest BCUT2D eigenvalue weighted by Crippen LogP contribution is -2.22. The molecule has 3 heteroatoms. The van der Waals surface area contributed by atoms with Crippen LogP contribution in [0.15, 0.2) is 0 Å². The van der Waals surface area contributed by atoms with E-state index in [4.69, 9.17) is 0 Å². The maximum Gasteiger partial charge on any atom is 0.384 e. The summed E-state index contributed by atoms with van der Waals surface area (Å²) in [7, 11) is 1.31. The van der Waals surface area contributed by atoms with Crippen molar-refractivity contribution in [2.75, 3.05) is 13.7 Å². The van der Waals surface area contributed by atoms with Gasteiger partial charge in [-0.2, -0.15) is 0 Å². The number of methoxy groups -OCH3 is 1. The summed E-state index contributed by atoms with van der Waals surface area (Å²) in [5, 5.41) is 3.04. The fraction of sp³-hybridized carbons (Fsp3) is 0.625. The normalized spacial score (nSPS) is 8.73. The maximum atomic E-state index is 10.4. The third-order valence-electron chi connectivity index (χ3n) is 0.975. The van der Waals surface area contributed by atoms with E-state index in [2.05, 4.69) is 21.9 Å². The lowest BCUT2D eigenvalue weighted by atomic mass is 10.4. The molecule has 0 saturated heterocycles. The van der Waals surface area contributed by atoms with Gasteiger partial charge in [0.15, 0.2) is 0 Å². The van der Waals surface area contributed by atoms with Crippen molar-refractivity contribution < 1.29 is 9.53 Å². The summed E-state index contributed by atoms with van der Waals surface area (Å²) in [5.74, 6) is 4.46. The predicted molar refractivity (Wildman–Crippen MR) is 42.9 cm³/mol. The summed E-state index contributed by atoms with van der Waals surface area (Å²) in [6.07, 6.45) is 0. The number of carbonyl (C=O) groups is 1. The molecule has 0 fully saturated rings. The molecular formula is C8H13NO2. The van der Waals surface area contributed by atoms with Gasteiger partial charge in [0.25, 0.3) is 0 Å². The molecule has 0 radical (unpaired) electrons. The molecule has 0 aliphatic carbocycles. The van der Waals surface area contributed by atoms with E-state index < -0.39 is 5.97 Å². The minimum absolute atomic E-state index is 0.391. The van der Waals surface area contributed by atoms with Gasteiger partial charge in [0.2, 0.25) is 0 Å². The molecule has 3 nitrogen and oxygen atoms in total. The molecule has 11 heavy (non-hydrogen) atoms. The Morgan fingerprint density at radius 2 is 2.27 bits per heavy atom. The molecule has 0 heterocycles. The zero-order chi connectivity index (χ0) is 8.69. The van der Waals surface area contributed by atoms with E-state index in [0.717, 1.165) is 0 Å². The van der Waals surface area contributed by atoms with Crippen LogP contribution in [-0.2, 0) is 9.53 Å². The van der Waals surface area contributed by atoms with E-state index in [-0.39, 0.29) is 0 Å². The molecule has 0 saturated carbocycles. The molecule has 0 amide bonds. The lowest BCUT2D eigenvalue weighted by molar-refractivity contribution is -0.133. The first-order valence-electron chi connectivity index (χ1n) is 3.47. The number of rotatable bonds is 2. The summed E-state index contributed by atoms with van der Waals surface area (Å²) in [6.45, 7) is 4.55. The predicted octanol–water partition coefficient (Wildman–Crippen LogP) is 0.161. The number of nitrogens with one attached hydrogen (secondary N) is 1. The van der Waals surface area contributed by atoms with Gasteiger partial charge in [-0.1, -0.05) is 5.92 Å². The number of ether oxygens (including phenoxy) is 1. The van der Waals surface area contributed by atoms with Crippen LogP contribution in [0.3, 0.4) is 0 Å². The topological polar surface area (TPSA) is 38.3 Å². The zero-order valence-corrected chi connectivity index (χ0v) is 7.10. The van der Waals surface area contributed by atoms with Crippen LogP contribution in [0.25, 0.3) is 0 Å². The van der Waals surface area contributed by atoms with Crippen molar-refractivity contribution in [2.24, 2.45) is 0 Å². The van der Waals surface area contributed by atoms with Crippen LogP contribution < -0.4 is 5.32 Å². The van der Waals surface area contributed by atoms with Crippen LogP contribution >= 0.6 is 0 Å². The highest BCUT2D eigenvalue weighted by atomic mass is 16.5. The second-order valence-electron chi connectivity index (χ2n) is 2.33. The van der Waals surface area contributed by atoms with Gasteiger partial charge in [-0.05, 0) is 13.8 Å². The van der Waals surface area contributed by atoms with Gasteiger partial charge >= 0.3 is 5.97 Å². The van der Waals surface area contributed by atoms with Crippen LogP contribution in [0.1, 0.15) is 13.8 Å². The van der Waals surface area contributed by atoms with Crippen molar-refractivity contribution >= 4 is 5.97 Å². The molecule has 1 N–H and O–H groups in total. The Morgan fingerprint density at radius 3 is 2.73 bits per heavy atom. The second kappa shape index (κ2) is 5.75. The average molecular weight is 155 g/mol. The molecule has 0 unspecified atom stereocenters. The molecule has 0 aromatic rings. The second-order valence-corrected chi connectivity index (χ2v) is 2.33. The van der Waals surface area contributed by atoms with Gasteiger partial charge in [-0.3, -0.25) is 0 Å². The largest absolute Gasteiger partial charge is 0.459 e. The number of hydrogen-bond acceptors (Lipinski definition) is 3. The Labute approximate surface area is 67.1 Å². The molecule has 62 valence electrons. The minimum Gasteiger partial charge on any atom is -0.459 e. The van der Waals surface area contributed by atoms with E-state index in [1.165, 1.54) is 7.11 Å². The SMILES string of the molecule is COC(=O)C#CCNC(C)C. The Morgan fingerprint density at radius 1 is 1.64 bits per heavy atom. The Kier molecular flexibility index (Phi) is 5.22. The highest BCUT2D eigenvalue weighted by Crippen LogP contribution is 1.73. The monoisotopic (exact) mass is 155 g/mol. The fourth-order valence-corrected chi connectivity index (χ4v) is 0.423. The van der Waals surface area contributed by atoms with Crippen LogP contribution in [0.2, 0.25) is 0 Å². The molecule has 0 bridgehead atoms. The van der Waals surface area contributed by atoms with Crippen molar-refractivity contribution in [3.05, 3.63) is 0 Å². The summed E-state index contributed by atoms with van der Waals surface area (Å²) < 4.78 is 4.32. The van der Waals surface area contributed by atoms with Crippen molar-refractivity contribution in [3.8, 4) is 11.8 Å². The summed E-state index contributed by atoms with van der Waals surface area (Å²) >= 11 is 0. The summed E-state index contributed by atoms with van der Waals surface area (Å²) in [4.78, 5) is 10.4. The molecule has 0 spiro atoms. The quantitative estimate of drug-likeness (QED) is 0.351.